The van der Waals surface area contributed by atoms with Crippen molar-refractivity contribution < 1.29 is 23.9 Å². The first-order valence-electron chi connectivity index (χ1n) is 16.3. The molecule has 256 valence electrons. The second-order valence-corrected chi connectivity index (χ2v) is 13.1. The molecule has 13 nitrogen and oxygen atoms in total. The minimum atomic E-state index is -0.657. The van der Waals surface area contributed by atoms with E-state index >= 15 is 0 Å². The summed E-state index contributed by atoms with van der Waals surface area (Å²) in [6.07, 6.45) is 0. The number of likely N-dealkylation sites (N-methyl/N-ethyl adjacent to an activating group) is 3. The topological polar surface area (TPSA) is 132 Å². The quantitative estimate of drug-likeness (QED) is 0.346. The van der Waals surface area contributed by atoms with Gasteiger partial charge in [0.2, 0.25) is 11.8 Å². The van der Waals surface area contributed by atoms with Crippen molar-refractivity contribution in [1.29, 1.82) is 0 Å². The van der Waals surface area contributed by atoms with E-state index in [1.807, 2.05) is 58.8 Å². The molecule has 5 rings (SSSR count). The van der Waals surface area contributed by atoms with Crippen molar-refractivity contribution in [2.75, 3.05) is 82.6 Å². The summed E-state index contributed by atoms with van der Waals surface area (Å²) in [5.41, 5.74) is 2.45. The van der Waals surface area contributed by atoms with Crippen molar-refractivity contribution >= 4 is 35.2 Å². The number of anilines is 3. The van der Waals surface area contributed by atoms with Gasteiger partial charge in [0.15, 0.2) is 0 Å². The van der Waals surface area contributed by atoms with Gasteiger partial charge in [-0.2, -0.15) is 4.98 Å². The highest BCUT2D eigenvalue weighted by Gasteiger charge is 2.38. The molecular formula is C35H46N8O5. The third-order valence-corrected chi connectivity index (χ3v) is 8.35. The number of hydrogen-bond donors (Lipinski definition) is 2. The van der Waals surface area contributed by atoms with Gasteiger partial charge >= 0.3 is 6.03 Å². The van der Waals surface area contributed by atoms with E-state index in [1.54, 1.807) is 53.2 Å². The van der Waals surface area contributed by atoms with E-state index in [0.29, 0.717) is 79.1 Å². The molecular weight excluding hydrogens is 612 g/mol. The van der Waals surface area contributed by atoms with Gasteiger partial charge in [0.1, 0.15) is 11.2 Å². The zero-order valence-corrected chi connectivity index (χ0v) is 28.9. The SMILES string of the molecule is CCN1CC(C)(C)Oc2nc(N3CCOCC3C)nc(-c3ccc(NC(=O)Nc4ccc(C(=O)N(C)CCN(C)C)cc4)cc3)c2C1=O. The van der Waals surface area contributed by atoms with Gasteiger partial charge in [0.25, 0.3) is 11.8 Å². The highest BCUT2D eigenvalue weighted by Crippen LogP contribution is 2.36. The van der Waals surface area contributed by atoms with Crippen molar-refractivity contribution in [2.24, 2.45) is 0 Å². The molecule has 1 saturated heterocycles. The minimum absolute atomic E-state index is 0.0440. The maximum absolute atomic E-state index is 13.9. The molecule has 1 fully saturated rings. The Morgan fingerprint density at radius 3 is 2.23 bits per heavy atom. The van der Waals surface area contributed by atoms with E-state index < -0.39 is 11.6 Å². The molecule has 4 amide bonds. The fourth-order valence-electron chi connectivity index (χ4n) is 5.67. The number of aromatic nitrogens is 2. The summed E-state index contributed by atoms with van der Waals surface area (Å²) in [6, 6.07) is 13.5. The van der Waals surface area contributed by atoms with E-state index in [-0.39, 0.29) is 23.7 Å². The zero-order valence-electron chi connectivity index (χ0n) is 28.9. The monoisotopic (exact) mass is 658 g/mol. The van der Waals surface area contributed by atoms with Crippen LogP contribution in [0.2, 0.25) is 0 Å². The average molecular weight is 659 g/mol. The Balaban J connectivity index is 1.35. The first-order chi connectivity index (χ1) is 22.8. The Morgan fingerprint density at radius 2 is 1.62 bits per heavy atom. The van der Waals surface area contributed by atoms with Crippen molar-refractivity contribution in [3.8, 4) is 17.1 Å². The summed E-state index contributed by atoms with van der Waals surface area (Å²) >= 11 is 0. The molecule has 3 heterocycles. The van der Waals surface area contributed by atoms with Crippen molar-refractivity contribution in [3.63, 3.8) is 0 Å². The first-order valence-corrected chi connectivity index (χ1v) is 16.3. The largest absolute Gasteiger partial charge is 0.469 e. The normalized spacial score (nSPS) is 17.3. The van der Waals surface area contributed by atoms with Gasteiger partial charge in [-0.15, -0.1) is 0 Å². The van der Waals surface area contributed by atoms with Gasteiger partial charge in [-0.1, -0.05) is 12.1 Å². The molecule has 0 spiro atoms. The average Bonchev–Trinajstić information content (AvgIpc) is 3.15. The standard InChI is InChI=1S/C35H46N8O5/c1-8-42-22-35(3,4)48-30-28(32(42)45)29(38-33(39-30)43-19-20-47-21-23(43)2)24-9-13-26(14-10-24)36-34(46)37-27-15-11-25(12-16-27)31(44)41(7)18-17-40(5)6/h9-16,23H,8,17-22H2,1-7H3,(H2,36,37,46). The number of nitrogens with zero attached hydrogens (tertiary/aromatic N) is 6. The lowest BCUT2D eigenvalue weighted by Crippen LogP contribution is -2.44. The molecule has 1 atom stereocenters. The maximum Gasteiger partial charge on any atom is 0.323 e. The van der Waals surface area contributed by atoms with Gasteiger partial charge in [-0.05, 0) is 78.2 Å². The van der Waals surface area contributed by atoms with E-state index in [1.165, 1.54) is 0 Å². The summed E-state index contributed by atoms with van der Waals surface area (Å²) in [4.78, 5) is 56.7. The van der Waals surface area contributed by atoms with Crippen LogP contribution in [0.1, 0.15) is 48.4 Å². The third kappa shape index (κ3) is 8.03. The highest BCUT2D eigenvalue weighted by molar-refractivity contribution is 6.03. The number of ether oxygens (including phenoxy) is 2. The van der Waals surface area contributed by atoms with Crippen molar-refractivity contribution in [3.05, 3.63) is 59.7 Å². The summed E-state index contributed by atoms with van der Waals surface area (Å²) in [7, 11) is 5.70. The van der Waals surface area contributed by atoms with Crippen LogP contribution < -0.4 is 20.3 Å². The smallest absolute Gasteiger partial charge is 0.323 e. The van der Waals surface area contributed by atoms with E-state index in [4.69, 9.17) is 19.4 Å². The minimum Gasteiger partial charge on any atom is -0.469 e. The third-order valence-electron chi connectivity index (χ3n) is 8.35. The van der Waals surface area contributed by atoms with E-state index in [0.717, 1.165) is 6.54 Å². The Morgan fingerprint density at radius 1 is 0.979 bits per heavy atom. The zero-order chi connectivity index (χ0) is 34.6. The number of carbonyl (C=O) groups excluding carboxylic acids is 3. The van der Waals surface area contributed by atoms with Crippen LogP contribution in [0.5, 0.6) is 5.88 Å². The predicted octanol–water partition coefficient (Wildman–Crippen LogP) is 4.28. The molecule has 1 unspecified atom stereocenters. The number of fused-ring (bicyclic) bond motifs is 1. The summed E-state index contributed by atoms with van der Waals surface area (Å²) < 4.78 is 12.0. The second-order valence-electron chi connectivity index (χ2n) is 13.1. The van der Waals surface area contributed by atoms with Crippen LogP contribution in [0.4, 0.5) is 22.1 Å². The maximum atomic E-state index is 13.9. The van der Waals surface area contributed by atoms with Gasteiger partial charge < -0.3 is 39.7 Å². The molecule has 2 N–H and O–H groups in total. The van der Waals surface area contributed by atoms with Gasteiger partial charge in [-0.25, -0.2) is 9.78 Å². The number of carbonyl (C=O) groups is 3. The molecule has 0 bridgehead atoms. The molecule has 2 aliphatic heterocycles. The number of amides is 4. The summed E-state index contributed by atoms with van der Waals surface area (Å²) in [5, 5.41) is 5.65. The van der Waals surface area contributed by atoms with E-state index in [2.05, 4.69) is 15.5 Å². The molecule has 0 saturated carbocycles. The molecule has 2 aromatic carbocycles. The molecule has 3 aromatic rings. The Hall–Kier alpha value is -4.75. The number of rotatable bonds is 9. The van der Waals surface area contributed by atoms with Gasteiger partial charge in [0, 0.05) is 55.7 Å². The second kappa shape index (κ2) is 14.6. The molecule has 0 aliphatic carbocycles. The summed E-state index contributed by atoms with van der Waals surface area (Å²) in [6.45, 7) is 11.9. The fourth-order valence-corrected chi connectivity index (χ4v) is 5.67. The van der Waals surface area contributed by atoms with Crippen molar-refractivity contribution in [1.82, 2.24) is 24.7 Å². The molecule has 0 radical (unpaired) electrons. The number of nitrogens with one attached hydrogen (secondary N) is 2. The van der Waals surface area contributed by atoms with Gasteiger partial charge in [0.05, 0.1) is 31.5 Å². The number of urea groups is 1. The molecule has 48 heavy (non-hydrogen) atoms. The fraction of sp³-hybridized carbons (Fsp3) is 0.457. The predicted molar refractivity (Wildman–Crippen MR) is 186 cm³/mol. The Kier molecular flexibility index (Phi) is 10.5. The number of benzene rings is 2. The van der Waals surface area contributed by atoms with Crippen LogP contribution in [-0.4, -0.2) is 121 Å². The van der Waals surface area contributed by atoms with Crippen LogP contribution in [0, 0.1) is 0 Å². The lowest BCUT2D eigenvalue weighted by Gasteiger charge is -2.34. The van der Waals surface area contributed by atoms with Gasteiger partial charge in [-0.3, -0.25) is 9.59 Å². The first kappa shape index (κ1) is 34.6. The highest BCUT2D eigenvalue weighted by atomic mass is 16.5. The molecule has 13 heteroatoms. The number of hydrogen-bond acceptors (Lipinski definition) is 9. The molecule has 2 aliphatic rings. The van der Waals surface area contributed by atoms with Crippen LogP contribution in [0.3, 0.4) is 0 Å². The summed E-state index contributed by atoms with van der Waals surface area (Å²) in [5.74, 6) is 0.459. The van der Waals surface area contributed by atoms with Crippen LogP contribution in [-0.2, 0) is 4.74 Å². The molecule has 1 aromatic heterocycles. The lowest BCUT2D eigenvalue weighted by atomic mass is 10.0. The lowest BCUT2D eigenvalue weighted by molar-refractivity contribution is 0.0541. The van der Waals surface area contributed by atoms with Crippen molar-refractivity contribution in [2.45, 2.75) is 39.3 Å². The number of morpholine rings is 1. The van der Waals surface area contributed by atoms with E-state index in [9.17, 15) is 14.4 Å². The van der Waals surface area contributed by atoms with Crippen LogP contribution in [0.25, 0.3) is 11.3 Å². The Labute approximate surface area is 282 Å². The van der Waals surface area contributed by atoms with Crippen LogP contribution in [0.15, 0.2) is 48.5 Å². The Bertz CT molecular complexity index is 1630. The van der Waals surface area contributed by atoms with Crippen LogP contribution >= 0.6 is 0 Å².